The highest BCUT2D eigenvalue weighted by atomic mass is 35.5. The average Bonchev–Trinajstić information content (AvgIpc) is 0.757. The fourth-order valence-corrected chi connectivity index (χ4v) is 17.4. The van der Waals surface area contributed by atoms with Gasteiger partial charge in [-0.2, -0.15) is 0 Å². The van der Waals surface area contributed by atoms with Crippen LogP contribution in [0, 0.1) is 29.6 Å². The number of amides is 8. The Balaban J connectivity index is 1.04. The molecule has 111 heavy (non-hydrogen) atoms. The van der Waals surface area contributed by atoms with Gasteiger partial charge in [-0.05, 0) is 171 Å². The fourth-order valence-electron chi connectivity index (χ4n) is 16.9. The normalized spacial score (nSPS) is 32.8. The van der Waals surface area contributed by atoms with E-state index in [2.05, 4.69) is 42.5 Å². The van der Waals surface area contributed by atoms with Crippen LogP contribution in [0.3, 0.4) is 0 Å². The number of rotatable bonds is 14. The second kappa shape index (κ2) is 32.1. The predicted molar refractivity (Wildman–Crippen MR) is 391 cm³/mol. The van der Waals surface area contributed by atoms with E-state index < -0.39 is 216 Å². The van der Waals surface area contributed by atoms with E-state index in [4.69, 9.17) is 63.1 Å². The molecule has 18 atom stereocenters. The number of aliphatic hydroxyl groups is 6. The predicted octanol–water partition coefficient (Wildman–Crippen LogP) is 1.96. The first-order valence-corrected chi connectivity index (χ1v) is 37.4. The first-order valence-electron chi connectivity index (χ1n) is 36.7. The van der Waals surface area contributed by atoms with Crippen LogP contribution in [-0.4, -0.2) is 192 Å². The second-order valence-electron chi connectivity index (χ2n) is 30.8. The van der Waals surface area contributed by atoms with Gasteiger partial charge in [0.1, 0.15) is 102 Å². The van der Waals surface area contributed by atoms with Gasteiger partial charge in [0.25, 0.3) is 0 Å². The Labute approximate surface area is 645 Å². The third-order valence-electron chi connectivity index (χ3n) is 22.3. The van der Waals surface area contributed by atoms with Crippen molar-refractivity contribution in [2.24, 2.45) is 41.1 Å². The molecule has 35 heteroatoms. The summed E-state index contributed by atoms with van der Waals surface area (Å²) in [7, 11) is 1.49. The van der Waals surface area contributed by atoms with E-state index in [-0.39, 0.29) is 85.5 Å². The molecule has 8 amide bonds. The van der Waals surface area contributed by atoms with Crippen LogP contribution < -0.4 is 68.2 Å². The standard InChI is InChI=1S/C76H90Cl2N10O23/c1-28(2)12-43(81-5)68(99)87-59-61(94)33-7-10-47(41(77)19-33)107-49-21-37-22-50(66(49)111-75-64(97)63(96)62(95)51(27-89)109-75)108-48-11-8-34(20-42(48)78)65(110-53-26-76(4,80)67(98)29(3)106-53)60-74(105)86-58(72(103)83-55-35-14-30-13-31(16-35)17-36(55)15-30)40-23-38(90)24-46(92)54(40)39-18-32(6-9-45(39)91)56(70(101)88-60)85-71(102)57(37)84-69(100)44(25-52(79)93)82-73(59)104/h6-11,18-24,28-31,35-36,43-44,51,53,55-65,67,75,81,89-92,94-98H,12-17,25-27,80H2,1-5H3,(H2,79,93)(H,82,104)(H,83,103)(H,84,100)(H,85,102)(H,86,105)(H,87,99)(H,88,101)/t29-,30?,31?,35?,36?,43-,44+,51+,53+,55?,56-,57-,58+,59-,60+,61-,62+,63-,64+,65-,67-,75-,76+/m1/s1. The maximum Gasteiger partial charge on any atom is 0.248 e. The van der Waals surface area contributed by atoms with Crippen molar-refractivity contribution in [3.05, 3.63) is 117 Å². The molecule has 16 rings (SSSR count). The number of carbonyl (C=O) groups is 8. The molecule has 4 saturated carbocycles. The first-order chi connectivity index (χ1) is 52.6. The monoisotopic (exact) mass is 1580 g/mol. The number of carbonyl (C=O) groups excluding carboxylic acids is 8. The van der Waals surface area contributed by atoms with Gasteiger partial charge in [0.2, 0.25) is 59.3 Å². The first kappa shape index (κ1) is 79.9. The maximum atomic E-state index is 16.4. The van der Waals surface area contributed by atoms with Gasteiger partial charge in [-0.3, -0.25) is 38.4 Å². The summed E-state index contributed by atoms with van der Waals surface area (Å²) in [5, 5.41) is 125. The Bertz CT molecular complexity index is 4450. The molecule has 7 heterocycles. The van der Waals surface area contributed by atoms with E-state index in [0.29, 0.717) is 11.8 Å². The lowest BCUT2D eigenvalue weighted by Gasteiger charge is -2.54. The topological polar surface area (TPSA) is 522 Å². The van der Waals surface area contributed by atoms with Crippen LogP contribution in [0.25, 0.3) is 11.1 Å². The van der Waals surface area contributed by atoms with Crippen LogP contribution in [0.5, 0.6) is 46.0 Å². The molecule has 5 aromatic rings. The van der Waals surface area contributed by atoms with Crippen molar-refractivity contribution < 1.29 is 113 Å². The third kappa shape index (κ3) is 16.4. The summed E-state index contributed by atoms with van der Waals surface area (Å²) in [6.45, 7) is 5.75. The van der Waals surface area contributed by atoms with Crippen LogP contribution in [0.15, 0.2) is 78.9 Å². The molecule has 4 aliphatic carbocycles. The molecule has 11 aliphatic rings. The number of nitrogens with one attached hydrogen (secondary N) is 8. The number of aliphatic hydroxyl groups excluding tert-OH is 6. The Morgan fingerprint density at radius 1 is 0.676 bits per heavy atom. The number of hydrogen-bond acceptors (Lipinski definition) is 25. The Morgan fingerprint density at radius 3 is 1.90 bits per heavy atom. The lowest BCUT2D eigenvalue weighted by Crippen LogP contribution is -2.61. The molecule has 15 bridgehead atoms. The molecule has 0 unspecified atom stereocenters. The van der Waals surface area contributed by atoms with Crippen molar-refractivity contribution >= 4 is 70.5 Å². The highest BCUT2D eigenvalue weighted by Crippen LogP contribution is 2.55. The zero-order chi connectivity index (χ0) is 79.7. The number of likely N-dealkylation sites (N-methyl/N-ethyl adjacent to an activating group) is 1. The lowest BCUT2D eigenvalue weighted by atomic mass is 9.54. The number of nitrogens with two attached hydrogens (primary N) is 2. The van der Waals surface area contributed by atoms with Gasteiger partial charge in [0.05, 0.1) is 41.3 Å². The smallest absolute Gasteiger partial charge is 0.248 e. The molecule has 5 aromatic carbocycles. The van der Waals surface area contributed by atoms with Crippen LogP contribution in [0.1, 0.15) is 137 Å². The molecular formula is C76H90Cl2N10O23. The van der Waals surface area contributed by atoms with E-state index in [1.807, 2.05) is 13.8 Å². The molecule has 7 aliphatic heterocycles. The van der Waals surface area contributed by atoms with Gasteiger partial charge in [-0.15, -0.1) is 0 Å². The molecule has 596 valence electrons. The second-order valence-corrected chi connectivity index (χ2v) is 31.7. The van der Waals surface area contributed by atoms with Gasteiger partial charge in [0, 0.05) is 35.2 Å². The summed E-state index contributed by atoms with van der Waals surface area (Å²) in [6.07, 6.45) is -14.3. The minimum Gasteiger partial charge on any atom is -0.508 e. The summed E-state index contributed by atoms with van der Waals surface area (Å²) >= 11 is 14.5. The molecule has 33 nitrogen and oxygen atoms in total. The number of aromatic hydroxyl groups is 3. The zero-order valence-electron chi connectivity index (χ0n) is 60.8. The Kier molecular flexibility index (Phi) is 23.1. The van der Waals surface area contributed by atoms with E-state index in [9.17, 15) is 60.3 Å². The number of hydrogen-bond donors (Lipinski definition) is 19. The van der Waals surface area contributed by atoms with Gasteiger partial charge in [-0.25, -0.2) is 0 Å². The average molecular weight is 1580 g/mol. The van der Waals surface area contributed by atoms with E-state index in [0.717, 1.165) is 74.6 Å². The molecule has 2 saturated heterocycles. The zero-order valence-corrected chi connectivity index (χ0v) is 62.3. The Morgan fingerprint density at radius 2 is 1.29 bits per heavy atom. The largest absolute Gasteiger partial charge is 0.508 e. The van der Waals surface area contributed by atoms with Crippen LogP contribution in [0.4, 0.5) is 0 Å². The van der Waals surface area contributed by atoms with Crippen molar-refractivity contribution in [3.8, 4) is 57.1 Å². The van der Waals surface area contributed by atoms with Crippen molar-refractivity contribution in [2.75, 3.05) is 13.7 Å². The number of halogens is 2. The molecule has 0 spiro atoms. The van der Waals surface area contributed by atoms with Gasteiger partial charge >= 0.3 is 0 Å². The fraction of sp³-hybridized carbons (Fsp3) is 0.500. The summed E-state index contributed by atoms with van der Waals surface area (Å²) in [5.74, 6) is -13.0. The van der Waals surface area contributed by atoms with Gasteiger partial charge < -0.3 is 128 Å². The maximum absolute atomic E-state index is 16.4. The highest BCUT2D eigenvalue weighted by molar-refractivity contribution is 6.32. The highest BCUT2D eigenvalue weighted by Gasteiger charge is 2.52. The van der Waals surface area contributed by atoms with Gasteiger partial charge in [0.15, 0.2) is 17.8 Å². The molecule has 0 radical (unpaired) electrons. The molecule has 21 N–H and O–H groups in total. The number of fused-ring (bicyclic) bond motifs is 15. The number of phenols is 3. The quantitative estimate of drug-likeness (QED) is 0.0755. The summed E-state index contributed by atoms with van der Waals surface area (Å²) in [4.78, 5) is 123. The number of ether oxygens (including phenoxy) is 6. The van der Waals surface area contributed by atoms with Crippen LogP contribution in [0.2, 0.25) is 10.0 Å². The van der Waals surface area contributed by atoms with Gasteiger partial charge in [-0.1, -0.05) is 55.2 Å². The molecule has 0 aromatic heterocycles. The summed E-state index contributed by atoms with van der Waals surface area (Å²) in [6, 6.07) is 0.844. The number of primary amides is 1. The van der Waals surface area contributed by atoms with E-state index >= 15 is 24.0 Å². The van der Waals surface area contributed by atoms with Crippen molar-refractivity contribution in [3.63, 3.8) is 0 Å². The van der Waals surface area contributed by atoms with E-state index in [1.165, 1.54) is 57.3 Å². The molecular weight excluding hydrogens is 1490 g/mol. The van der Waals surface area contributed by atoms with Crippen LogP contribution in [-0.2, 0) is 52.6 Å². The van der Waals surface area contributed by atoms with Crippen molar-refractivity contribution in [2.45, 2.75) is 194 Å². The minimum absolute atomic E-state index is 0.0555. The van der Waals surface area contributed by atoms with Crippen LogP contribution >= 0.6 is 23.2 Å². The van der Waals surface area contributed by atoms with Crippen molar-refractivity contribution in [1.82, 2.24) is 42.5 Å². The van der Waals surface area contributed by atoms with E-state index in [1.54, 1.807) is 0 Å². The Hall–Kier alpha value is -9.20. The van der Waals surface area contributed by atoms with Crippen molar-refractivity contribution in [1.29, 1.82) is 0 Å². The number of benzene rings is 5. The minimum atomic E-state index is -2.32. The summed E-state index contributed by atoms with van der Waals surface area (Å²) < 4.78 is 38.7. The molecule has 6 fully saturated rings. The number of phenolic OH excluding ortho intramolecular Hbond substituents is 3. The SMILES string of the molecule is CN[C@H](CC(C)C)C(=O)N[C@H]1C(=O)N[C@@H](CC(N)=O)C(=O)N[C@H]2C(=O)N[C@H]3C(=O)N[C@H](C(=O)N[C@H](C(=O)NC4C5CC6CC(C5)CC4C6)c4cc(O)cc(O)c4-c4cc3ccc4O)[C@H](O[C@H]3C[C@](C)(N)[C@H](O)[C@@H](C)O3)c3ccc(c(Cl)c3)Oc3cc2cc(c3O[C@H]2O[C@@H](CO)[C@H](O)[C@@H](O)[C@@H]2O)Oc2ccc(cc2Cl)[C@H]1O. The lowest BCUT2D eigenvalue weighted by molar-refractivity contribution is -0.277. The summed E-state index contributed by atoms with van der Waals surface area (Å²) in [5.41, 5.74) is 9.17. The third-order valence-corrected chi connectivity index (χ3v) is 22.9.